The Balaban J connectivity index is 2.23. The molecule has 0 fully saturated rings. The van der Waals surface area contributed by atoms with Gasteiger partial charge in [-0.3, -0.25) is 4.79 Å². The van der Waals surface area contributed by atoms with Gasteiger partial charge in [-0.15, -0.1) is 0 Å². The molecule has 0 spiro atoms. The Hall–Kier alpha value is -1.35. The number of likely N-dealkylation sites (N-methyl/N-ethyl adjacent to an activating group) is 1. The molecule has 0 N–H and O–H groups in total. The number of carbonyl (C=O) groups is 1. The van der Waals surface area contributed by atoms with E-state index in [-0.39, 0.29) is 5.91 Å². The minimum absolute atomic E-state index is 0.264. The quantitative estimate of drug-likeness (QED) is 0.818. The van der Waals surface area contributed by atoms with E-state index in [1.807, 2.05) is 17.0 Å². The minimum Gasteiger partial charge on any atom is -0.311 e. The highest BCUT2D eigenvalue weighted by Gasteiger charge is 2.21. The molecule has 3 nitrogen and oxygen atoms in total. The molecular formula is C15H22N2O. The molecule has 0 unspecified atom stereocenters. The predicted molar refractivity (Wildman–Crippen MR) is 74.7 cm³/mol. The van der Waals surface area contributed by atoms with E-state index in [2.05, 4.69) is 31.0 Å². The highest BCUT2D eigenvalue weighted by Crippen LogP contribution is 2.25. The lowest BCUT2D eigenvalue weighted by Crippen LogP contribution is -2.34. The molecule has 1 amide bonds. The molecule has 1 aromatic rings. The van der Waals surface area contributed by atoms with Crippen LogP contribution in [0.4, 0.5) is 5.69 Å². The summed E-state index contributed by atoms with van der Waals surface area (Å²) in [5, 5.41) is 0. The van der Waals surface area contributed by atoms with E-state index < -0.39 is 0 Å². The molecule has 0 saturated heterocycles. The number of anilines is 1. The molecule has 0 atom stereocenters. The number of benzene rings is 1. The summed E-state index contributed by atoms with van der Waals surface area (Å²) in [5.41, 5.74) is 2.35. The number of fused-ring (bicyclic) bond motifs is 1. The standard InChI is InChI=1S/C15H22N2O/c1-3-4-9-15(18)17-11-10-16(2)12-13-7-5-6-8-14(13)17/h5-8H,3-4,9-12H2,1-2H3. The largest absolute Gasteiger partial charge is 0.311 e. The van der Waals surface area contributed by atoms with Gasteiger partial charge in [0.2, 0.25) is 5.91 Å². The number of para-hydroxylation sites is 1. The Morgan fingerprint density at radius 1 is 1.28 bits per heavy atom. The summed E-state index contributed by atoms with van der Waals surface area (Å²) in [6.45, 7) is 4.79. The van der Waals surface area contributed by atoms with Gasteiger partial charge in [0.15, 0.2) is 0 Å². The van der Waals surface area contributed by atoms with Crippen molar-refractivity contribution in [1.82, 2.24) is 4.90 Å². The second-order valence-corrected chi connectivity index (χ2v) is 5.02. The summed E-state index contributed by atoms with van der Waals surface area (Å²) in [6.07, 6.45) is 2.71. The zero-order chi connectivity index (χ0) is 13.0. The van der Waals surface area contributed by atoms with Gasteiger partial charge in [-0.2, -0.15) is 0 Å². The summed E-state index contributed by atoms with van der Waals surface area (Å²) in [4.78, 5) is 16.5. The fraction of sp³-hybridized carbons (Fsp3) is 0.533. The third-order valence-corrected chi connectivity index (χ3v) is 3.47. The molecule has 98 valence electrons. The van der Waals surface area contributed by atoms with Crippen LogP contribution in [0.1, 0.15) is 31.7 Å². The van der Waals surface area contributed by atoms with Crippen molar-refractivity contribution < 1.29 is 4.79 Å². The van der Waals surface area contributed by atoms with Crippen LogP contribution in [-0.4, -0.2) is 30.9 Å². The van der Waals surface area contributed by atoms with Crippen LogP contribution in [0.25, 0.3) is 0 Å². The first-order chi connectivity index (χ1) is 8.72. The number of rotatable bonds is 3. The molecule has 1 aliphatic rings. The second kappa shape index (κ2) is 6.01. The summed E-state index contributed by atoms with van der Waals surface area (Å²) in [6, 6.07) is 8.26. The van der Waals surface area contributed by atoms with Crippen molar-refractivity contribution in [2.75, 3.05) is 25.0 Å². The molecule has 0 aliphatic carbocycles. The molecule has 1 aromatic carbocycles. The maximum atomic E-state index is 12.3. The van der Waals surface area contributed by atoms with Crippen LogP contribution in [0.2, 0.25) is 0 Å². The molecular weight excluding hydrogens is 224 g/mol. The first kappa shape index (κ1) is 13.1. The summed E-state index contributed by atoms with van der Waals surface area (Å²) in [7, 11) is 2.11. The lowest BCUT2D eigenvalue weighted by Gasteiger charge is -2.22. The van der Waals surface area contributed by atoms with Crippen LogP contribution >= 0.6 is 0 Å². The summed E-state index contributed by atoms with van der Waals surface area (Å²) in [5.74, 6) is 0.264. The van der Waals surface area contributed by atoms with Gasteiger partial charge in [0.05, 0.1) is 0 Å². The van der Waals surface area contributed by atoms with Crippen LogP contribution in [0, 0.1) is 0 Å². The average Bonchev–Trinajstić information content (AvgIpc) is 2.54. The number of hydrogen-bond acceptors (Lipinski definition) is 2. The highest BCUT2D eigenvalue weighted by atomic mass is 16.2. The summed E-state index contributed by atoms with van der Waals surface area (Å²) < 4.78 is 0. The van der Waals surface area contributed by atoms with Crippen molar-refractivity contribution in [1.29, 1.82) is 0 Å². The number of hydrogen-bond donors (Lipinski definition) is 0. The number of amides is 1. The van der Waals surface area contributed by atoms with Gasteiger partial charge in [0.25, 0.3) is 0 Å². The molecule has 0 saturated carbocycles. The third-order valence-electron chi connectivity index (χ3n) is 3.47. The molecule has 18 heavy (non-hydrogen) atoms. The monoisotopic (exact) mass is 246 g/mol. The Bertz CT molecular complexity index is 417. The Labute approximate surface area is 109 Å². The Morgan fingerprint density at radius 2 is 2.06 bits per heavy atom. The summed E-state index contributed by atoms with van der Waals surface area (Å²) >= 11 is 0. The molecule has 0 aromatic heterocycles. The van der Waals surface area contributed by atoms with Crippen molar-refractivity contribution in [3.63, 3.8) is 0 Å². The van der Waals surface area contributed by atoms with E-state index in [0.717, 1.165) is 38.2 Å². The Kier molecular flexibility index (Phi) is 4.37. The molecule has 1 heterocycles. The number of carbonyl (C=O) groups excluding carboxylic acids is 1. The van der Waals surface area contributed by atoms with Gasteiger partial charge in [-0.05, 0) is 25.1 Å². The predicted octanol–water partition coefficient (Wildman–Crippen LogP) is 2.66. The zero-order valence-electron chi connectivity index (χ0n) is 11.4. The van der Waals surface area contributed by atoms with Gasteiger partial charge in [-0.1, -0.05) is 31.5 Å². The second-order valence-electron chi connectivity index (χ2n) is 5.02. The fourth-order valence-corrected chi connectivity index (χ4v) is 2.39. The lowest BCUT2D eigenvalue weighted by molar-refractivity contribution is -0.118. The third kappa shape index (κ3) is 2.91. The fourth-order valence-electron chi connectivity index (χ4n) is 2.39. The van der Waals surface area contributed by atoms with E-state index in [9.17, 15) is 4.79 Å². The van der Waals surface area contributed by atoms with Crippen LogP contribution in [0.15, 0.2) is 24.3 Å². The Morgan fingerprint density at radius 3 is 2.83 bits per heavy atom. The zero-order valence-corrected chi connectivity index (χ0v) is 11.4. The molecule has 1 aliphatic heterocycles. The minimum atomic E-state index is 0.264. The van der Waals surface area contributed by atoms with Crippen LogP contribution in [-0.2, 0) is 11.3 Å². The van der Waals surface area contributed by atoms with Gasteiger partial charge >= 0.3 is 0 Å². The molecule has 0 radical (unpaired) electrons. The van der Waals surface area contributed by atoms with E-state index in [1.54, 1.807) is 0 Å². The van der Waals surface area contributed by atoms with Crippen LogP contribution in [0.5, 0.6) is 0 Å². The van der Waals surface area contributed by atoms with Crippen LogP contribution < -0.4 is 4.90 Å². The average molecular weight is 246 g/mol. The maximum absolute atomic E-state index is 12.3. The van der Waals surface area contributed by atoms with Crippen molar-refractivity contribution in [3.8, 4) is 0 Å². The van der Waals surface area contributed by atoms with E-state index in [1.165, 1.54) is 5.56 Å². The van der Waals surface area contributed by atoms with Gasteiger partial charge in [0, 0.05) is 31.7 Å². The first-order valence-electron chi connectivity index (χ1n) is 6.79. The molecule has 2 rings (SSSR count). The van der Waals surface area contributed by atoms with Gasteiger partial charge in [-0.25, -0.2) is 0 Å². The molecule has 3 heteroatoms. The first-order valence-corrected chi connectivity index (χ1v) is 6.79. The van der Waals surface area contributed by atoms with Crippen molar-refractivity contribution >= 4 is 11.6 Å². The van der Waals surface area contributed by atoms with E-state index >= 15 is 0 Å². The normalized spacial score (nSPS) is 16.2. The lowest BCUT2D eigenvalue weighted by atomic mass is 10.1. The number of unbranched alkanes of at least 4 members (excludes halogenated alkanes) is 1. The number of nitrogens with zero attached hydrogens (tertiary/aromatic N) is 2. The van der Waals surface area contributed by atoms with Crippen molar-refractivity contribution in [3.05, 3.63) is 29.8 Å². The SMILES string of the molecule is CCCCC(=O)N1CCN(C)Cc2ccccc21. The van der Waals surface area contributed by atoms with Crippen molar-refractivity contribution in [2.24, 2.45) is 0 Å². The van der Waals surface area contributed by atoms with Gasteiger partial charge < -0.3 is 9.80 Å². The van der Waals surface area contributed by atoms with E-state index in [0.29, 0.717) is 6.42 Å². The topological polar surface area (TPSA) is 23.6 Å². The smallest absolute Gasteiger partial charge is 0.227 e. The van der Waals surface area contributed by atoms with Gasteiger partial charge in [0.1, 0.15) is 0 Å². The maximum Gasteiger partial charge on any atom is 0.227 e. The van der Waals surface area contributed by atoms with Crippen LogP contribution in [0.3, 0.4) is 0 Å². The molecule has 0 bridgehead atoms. The highest BCUT2D eigenvalue weighted by molar-refractivity contribution is 5.94. The van der Waals surface area contributed by atoms with Crippen molar-refractivity contribution in [2.45, 2.75) is 32.7 Å². The van der Waals surface area contributed by atoms with E-state index in [4.69, 9.17) is 0 Å².